The van der Waals surface area contributed by atoms with Gasteiger partial charge in [-0.05, 0) is 42.9 Å². The number of rotatable bonds is 10. The van der Waals surface area contributed by atoms with Crippen LogP contribution in [-0.4, -0.2) is 10.9 Å². The van der Waals surface area contributed by atoms with E-state index in [1.165, 1.54) is 49.7 Å². The molecule has 0 atom stereocenters. The summed E-state index contributed by atoms with van der Waals surface area (Å²) in [4.78, 5) is 11.8. The molecule has 0 saturated carbocycles. The van der Waals surface area contributed by atoms with Crippen LogP contribution in [0.2, 0.25) is 0 Å². The Labute approximate surface area is 188 Å². The first kappa shape index (κ1) is 24.4. The minimum atomic E-state index is 0.0752. The van der Waals surface area contributed by atoms with E-state index in [1.807, 2.05) is 72.8 Å². The Kier molecular flexibility index (Phi) is 11.2. The molecule has 0 unspecified atom stereocenters. The summed E-state index contributed by atoms with van der Waals surface area (Å²) in [6.07, 6.45) is 9.59. The average Bonchev–Trinajstić information content (AvgIpc) is 2.82. The molecule has 0 radical (unpaired) electrons. The van der Waals surface area contributed by atoms with Crippen molar-refractivity contribution in [2.75, 3.05) is 0 Å². The minimum Gasteiger partial charge on any atom is -0.508 e. The Bertz CT molecular complexity index is 844. The minimum absolute atomic E-state index is 0.0752. The Balaban J connectivity index is 0.000000224. The first-order chi connectivity index (χ1) is 15.2. The molecule has 0 aliphatic rings. The largest absolute Gasteiger partial charge is 0.508 e. The number of ketones is 1. The van der Waals surface area contributed by atoms with E-state index in [-0.39, 0.29) is 5.78 Å². The molecule has 164 valence electrons. The number of aromatic hydroxyl groups is 1. The Morgan fingerprint density at radius 2 is 1.16 bits per heavy atom. The van der Waals surface area contributed by atoms with Crippen LogP contribution in [-0.2, 0) is 12.8 Å². The molecule has 0 heterocycles. The summed E-state index contributed by atoms with van der Waals surface area (Å²) in [6.45, 7) is 4.44. The third kappa shape index (κ3) is 8.41. The molecule has 2 nitrogen and oxygen atoms in total. The number of carbonyl (C=O) groups is 1. The SMILES string of the molecule is CCCCCc1cccc(O)c1CCCCC.O=C(c1ccccc1)c1ccccc1. The number of unbranched alkanes of at least 4 members (excludes halogenated alkanes) is 4. The van der Waals surface area contributed by atoms with Crippen LogP contribution in [0.1, 0.15) is 79.4 Å². The summed E-state index contributed by atoms with van der Waals surface area (Å²) in [6, 6.07) is 24.6. The van der Waals surface area contributed by atoms with Gasteiger partial charge in [0.2, 0.25) is 0 Å². The second-order valence-corrected chi connectivity index (χ2v) is 7.89. The van der Waals surface area contributed by atoms with E-state index in [0.29, 0.717) is 5.75 Å². The molecule has 0 fully saturated rings. The summed E-state index contributed by atoms with van der Waals surface area (Å²) in [5.41, 5.74) is 4.02. The number of phenols is 1. The molecular weight excluding hydrogens is 380 g/mol. The van der Waals surface area contributed by atoms with Crippen LogP contribution in [0.5, 0.6) is 5.75 Å². The highest BCUT2D eigenvalue weighted by molar-refractivity contribution is 6.08. The van der Waals surface area contributed by atoms with Gasteiger partial charge in [-0.15, -0.1) is 0 Å². The molecule has 0 aliphatic carbocycles. The Morgan fingerprint density at radius 1 is 0.645 bits per heavy atom. The average molecular weight is 417 g/mol. The highest BCUT2D eigenvalue weighted by Crippen LogP contribution is 2.25. The highest BCUT2D eigenvalue weighted by Gasteiger charge is 2.07. The predicted octanol–water partition coefficient (Wildman–Crippen LogP) is 7.78. The van der Waals surface area contributed by atoms with Crippen LogP contribution < -0.4 is 0 Å². The lowest BCUT2D eigenvalue weighted by molar-refractivity contribution is 0.103. The van der Waals surface area contributed by atoms with Crippen molar-refractivity contribution < 1.29 is 9.90 Å². The molecule has 0 aromatic heterocycles. The predicted molar refractivity (Wildman–Crippen MR) is 131 cm³/mol. The number of aryl methyl sites for hydroxylation is 1. The molecule has 2 heteroatoms. The third-order valence-electron chi connectivity index (χ3n) is 5.40. The van der Waals surface area contributed by atoms with Gasteiger partial charge < -0.3 is 5.11 Å². The van der Waals surface area contributed by atoms with E-state index in [4.69, 9.17) is 0 Å². The molecule has 3 rings (SSSR count). The molecule has 3 aromatic rings. The maximum Gasteiger partial charge on any atom is 0.193 e. The van der Waals surface area contributed by atoms with Crippen LogP contribution in [0.15, 0.2) is 78.9 Å². The fourth-order valence-corrected chi connectivity index (χ4v) is 3.61. The van der Waals surface area contributed by atoms with Crippen molar-refractivity contribution in [1.82, 2.24) is 0 Å². The normalized spacial score (nSPS) is 10.3. The summed E-state index contributed by atoms with van der Waals surface area (Å²) < 4.78 is 0. The van der Waals surface area contributed by atoms with Crippen molar-refractivity contribution in [3.8, 4) is 5.75 Å². The van der Waals surface area contributed by atoms with E-state index < -0.39 is 0 Å². The van der Waals surface area contributed by atoms with Gasteiger partial charge in [0, 0.05) is 11.1 Å². The van der Waals surface area contributed by atoms with Crippen LogP contribution in [0.4, 0.5) is 0 Å². The first-order valence-corrected chi connectivity index (χ1v) is 11.6. The van der Waals surface area contributed by atoms with Crippen molar-refractivity contribution in [2.45, 2.75) is 65.2 Å². The number of carbonyl (C=O) groups excluding carboxylic acids is 1. The highest BCUT2D eigenvalue weighted by atomic mass is 16.3. The molecule has 0 aliphatic heterocycles. The zero-order chi connectivity index (χ0) is 22.3. The van der Waals surface area contributed by atoms with Gasteiger partial charge in [0.05, 0.1) is 0 Å². The molecule has 0 bridgehead atoms. The van der Waals surface area contributed by atoms with Crippen molar-refractivity contribution >= 4 is 5.78 Å². The van der Waals surface area contributed by atoms with Gasteiger partial charge in [-0.25, -0.2) is 0 Å². The Morgan fingerprint density at radius 3 is 1.68 bits per heavy atom. The van der Waals surface area contributed by atoms with Gasteiger partial charge in [0.15, 0.2) is 5.78 Å². The van der Waals surface area contributed by atoms with Crippen molar-refractivity contribution in [3.63, 3.8) is 0 Å². The fraction of sp³-hybridized carbons (Fsp3) is 0.345. The maximum absolute atomic E-state index is 11.8. The molecule has 0 amide bonds. The first-order valence-electron chi connectivity index (χ1n) is 11.6. The smallest absolute Gasteiger partial charge is 0.193 e. The van der Waals surface area contributed by atoms with Crippen LogP contribution in [0.3, 0.4) is 0 Å². The van der Waals surface area contributed by atoms with E-state index in [1.54, 1.807) is 0 Å². The van der Waals surface area contributed by atoms with E-state index in [2.05, 4.69) is 19.9 Å². The third-order valence-corrected chi connectivity index (χ3v) is 5.40. The molecule has 3 aromatic carbocycles. The van der Waals surface area contributed by atoms with Crippen molar-refractivity contribution in [1.29, 1.82) is 0 Å². The number of hydrogen-bond acceptors (Lipinski definition) is 2. The number of benzene rings is 3. The summed E-state index contributed by atoms with van der Waals surface area (Å²) in [7, 11) is 0. The van der Waals surface area contributed by atoms with Gasteiger partial charge in [0.25, 0.3) is 0 Å². The van der Waals surface area contributed by atoms with Crippen molar-refractivity contribution in [3.05, 3.63) is 101 Å². The van der Waals surface area contributed by atoms with Gasteiger partial charge in [-0.1, -0.05) is 112 Å². The van der Waals surface area contributed by atoms with Crippen LogP contribution >= 0.6 is 0 Å². The van der Waals surface area contributed by atoms with E-state index >= 15 is 0 Å². The molecule has 31 heavy (non-hydrogen) atoms. The molecular formula is C29H36O2. The quantitative estimate of drug-likeness (QED) is 0.271. The summed E-state index contributed by atoms with van der Waals surface area (Å²) in [5, 5.41) is 9.95. The second kappa shape index (κ2) is 14.2. The molecule has 0 saturated heterocycles. The fourth-order valence-electron chi connectivity index (χ4n) is 3.61. The Hall–Kier alpha value is -2.87. The van der Waals surface area contributed by atoms with Crippen LogP contribution in [0, 0.1) is 0 Å². The van der Waals surface area contributed by atoms with Gasteiger partial charge in [0.1, 0.15) is 5.75 Å². The van der Waals surface area contributed by atoms with Crippen LogP contribution in [0.25, 0.3) is 0 Å². The topological polar surface area (TPSA) is 37.3 Å². The zero-order valence-electron chi connectivity index (χ0n) is 19.0. The van der Waals surface area contributed by atoms with Crippen molar-refractivity contribution in [2.24, 2.45) is 0 Å². The lowest BCUT2D eigenvalue weighted by atomic mass is 9.96. The number of phenolic OH excluding ortho intramolecular Hbond substituents is 1. The summed E-state index contributed by atoms with van der Waals surface area (Å²) in [5.74, 6) is 0.571. The number of hydrogen-bond donors (Lipinski definition) is 1. The lowest BCUT2D eigenvalue weighted by Gasteiger charge is -2.11. The molecule has 1 N–H and O–H groups in total. The van der Waals surface area contributed by atoms with E-state index in [0.717, 1.165) is 24.0 Å². The maximum atomic E-state index is 11.8. The monoisotopic (exact) mass is 416 g/mol. The lowest BCUT2D eigenvalue weighted by Crippen LogP contribution is -1.99. The summed E-state index contributed by atoms with van der Waals surface area (Å²) >= 11 is 0. The zero-order valence-corrected chi connectivity index (χ0v) is 19.0. The van der Waals surface area contributed by atoms with Gasteiger partial charge in [-0.3, -0.25) is 4.79 Å². The second-order valence-electron chi connectivity index (χ2n) is 7.89. The molecule has 0 spiro atoms. The van der Waals surface area contributed by atoms with E-state index in [9.17, 15) is 9.90 Å². The standard InChI is InChI=1S/C16H26O.C13H10O/c1-3-5-7-10-14-11-9-13-16(17)15(14)12-8-6-4-2;14-13(11-7-3-1-4-8-11)12-9-5-2-6-10-12/h9,11,13,17H,3-8,10,12H2,1-2H3;1-10H. The van der Waals surface area contributed by atoms with Gasteiger partial charge in [-0.2, -0.15) is 0 Å². The van der Waals surface area contributed by atoms with Gasteiger partial charge >= 0.3 is 0 Å².